The summed E-state index contributed by atoms with van der Waals surface area (Å²) < 4.78 is 27.1. The van der Waals surface area contributed by atoms with E-state index in [1.54, 1.807) is 24.3 Å². The van der Waals surface area contributed by atoms with Gasteiger partial charge in [0, 0.05) is 34.0 Å². The minimum Gasteiger partial charge on any atom is -0.340 e. The maximum atomic E-state index is 12.8. The maximum Gasteiger partial charge on any atom is 0.245 e. The summed E-state index contributed by atoms with van der Waals surface area (Å²) in [6.07, 6.45) is 1.35. The van der Waals surface area contributed by atoms with Gasteiger partial charge < -0.3 is 5.32 Å². The molecule has 0 unspecified atom stereocenters. The first kappa shape index (κ1) is 20.0. The maximum absolute atomic E-state index is 12.8. The van der Waals surface area contributed by atoms with Gasteiger partial charge in [0.1, 0.15) is 10.7 Å². The molecule has 1 aromatic carbocycles. The Bertz CT molecular complexity index is 809. The van der Waals surface area contributed by atoms with Gasteiger partial charge in [0.05, 0.1) is 0 Å². The van der Waals surface area contributed by atoms with Gasteiger partial charge in [-0.05, 0) is 58.0 Å². The van der Waals surface area contributed by atoms with E-state index in [9.17, 15) is 8.42 Å². The van der Waals surface area contributed by atoms with Crippen LogP contribution in [0.4, 0.5) is 11.5 Å². The molecule has 5 nitrogen and oxygen atoms in total. The topological polar surface area (TPSA) is 62.3 Å². The van der Waals surface area contributed by atoms with Crippen molar-refractivity contribution in [1.82, 2.24) is 9.29 Å². The van der Waals surface area contributed by atoms with E-state index in [1.807, 2.05) is 27.7 Å². The second-order valence-electron chi connectivity index (χ2n) is 6.18. The number of hydrogen-bond donors (Lipinski definition) is 1. The number of benzene rings is 1. The molecule has 0 atom stereocenters. The van der Waals surface area contributed by atoms with Gasteiger partial charge in [0.25, 0.3) is 0 Å². The van der Waals surface area contributed by atoms with E-state index >= 15 is 0 Å². The van der Waals surface area contributed by atoms with Crippen LogP contribution in [0.5, 0.6) is 0 Å². The SMILES string of the molecule is CC(C)N(C(C)C)S(=O)(=O)c1ccc(Nc2cc(Cl)cc(Cl)c2)nc1. The fourth-order valence-electron chi connectivity index (χ4n) is 2.65. The van der Waals surface area contributed by atoms with Crippen molar-refractivity contribution in [3.63, 3.8) is 0 Å². The largest absolute Gasteiger partial charge is 0.340 e. The van der Waals surface area contributed by atoms with Crippen molar-refractivity contribution in [3.8, 4) is 0 Å². The lowest BCUT2D eigenvalue weighted by Crippen LogP contribution is -2.41. The average Bonchev–Trinajstić information content (AvgIpc) is 2.45. The van der Waals surface area contributed by atoms with Gasteiger partial charge in [-0.3, -0.25) is 0 Å². The number of hydrogen-bond acceptors (Lipinski definition) is 4. The molecule has 0 bridgehead atoms. The number of halogens is 2. The van der Waals surface area contributed by atoms with Crippen molar-refractivity contribution in [2.24, 2.45) is 0 Å². The highest BCUT2D eigenvalue weighted by atomic mass is 35.5. The summed E-state index contributed by atoms with van der Waals surface area (Å²) in [5, 5.41) is 4.05. The molecule has 0 aliphatic rings. The lowest BCUT2D eigenvalue weighted by molar-refractivity contribution is 0.302. The highest BCUT2D eigenvalue weighted by Gasteiger charge is 2.29. The fourth-order valence-corrected chi connectivity index (χ4v) is 4.96. The van der Waals surface area contributed by atoms with Crippen LogP contribution in [0.2, 0.25) is 10.0 Å². The third-order valence-electron chi connectivity index (χ3n) is 3.46. The molecule has 0 amide bonds. The molecule has 1 aromatic heterocycles. The minimum atomic E-state index is -3.60. The summed E-state index contributed by atoms with van der Waals surface area (Å²) in [4.78, 5) is 4.35. The van der Waals surface area contributed by atoms with E-state index in [1.165, 1.54) is 16.6 Å². The van der Waals surface area contributed by atoms with E-state index in [4.69, 9.17) is 23.2 Å². The lowest BCUT2D eigenvalue weighted by Gasteiger charge is -2.29. The summed E-state index contributed by atoms with van der Waals surface area (Å²) in [5.74, 6) is 0.498. The van der Waals surface area contributed by atoms with Crippen molar-refractivity contribution in [2.75, 3.05) is 5.32 Å². The highest BCUT2D eigenvalue weighted by Crippen LogP contribution is 2.26. The Hall–Kier alpha value is -1.34. The van der Waals surface area contributed by atoms with E-state index < -0.39 is 10.0 Å². The van der Waals surface area contributed by atoms with Gasteiger partial charge in [0.2, 0.25) is 10.0 Å². The number of pyridine rings is 1. The zero-order valence-corrected chi connectivity index (χ0v) is 16.8. The summed E-state index contributed by atoms with van der Waals surface area (Å²) in [7, 11) is -3.60. The highest BCUT2D eigenvalue weighted by molar-refractivity contribution is 7.89. The number of anilines is 2. The molecule has 0 aliphatic heterocycles. The van der Waals surface area contributed by atoms with Crippen LogP contribution in [0.25, 0.3) is 0 Å². The third-order valence-corrected chi connectivity index (χ3v) is 6.14. The Morgan fingerprint density at radius 2 is 1.56 bits per heavy atom. The van der Waals surface area contributed by atoms with E-state index in [0.717, 1.165) is 0 Å². The normalized spacial score (nSPS) is 12.2. The van der Waals surface area contributed by atoms with Crippen molar-refractivity contribution < 1.29 is 8.42 Å². The van der Waals surface area contributed by atoms with Crippen LogP contribution in [0.15, 0.2) is 41.4 Å². The molecule has 0 fully saturated rings. The van der Waals surface area contributed by atoms with Crippen LogP contribution in [0, 0.1) is 0 Å². The average molecular weight is 402 g/mol. The Kier molecular flexibility index (Phi) is 6.32. The molecular formula is C17H21Cl2N3O2S. The summed E-state index contributed by atoms with van der Waals surface area (Å²) in [6, 6.07) is 7.91. The Morgan fingerprint density at radius 3 is 2.00 bits per heavy atom. The van der Waals surface area contributed by atoms with Gasteiger partial charge in [-0.25, -0.2) is 13.4 Å². The monoisotopic (exact) mass is 401 g/mol. The van der Waals surface area contributed by atoms with Crippen molar-refractivity contribution >= 4 is 44.7 Å². The molecule has 2 aromatic rings. The van der Waals surface area contributed by atoms with Crippen LogP contribution < -0.4 is 5.32 Å². The predicted octanol–water partition coefficient (Wildman–Crippen LogP) is 4.94. The van der Waals surface area contributed by atoms with Crippen LogP contribution in [-0.2, 0) is 10.0 Å². The Labute approximate surface area is 159 Å². The van der Waals surface area contributed by atoms with Gasteiger partial charge in [-0.2, -0.15) is 4.31 Å². The second-order valence-corrected chi connectivity index (χ2v) is 8.90. The first-order valence-corrected chi connectivity index (χ1v) is 10.0. The van der Waals surface area contributed by atoms with Crippen molar-refractivity contribution in [1.29, 1.82) is 0 Å². The fraction of sp³-hybridized carbons (Fsp3) is 0.353. The molecule has 0 saturated heterocycles. The quantitative estimate of drug-likeness (QED) is 0.744. The zero-order valence-electron chi connectivity index (χ0n) is 14.5. The van der Waals surface area contributed by atoms with Gasteiger partial charge in [-0.15, -0.1) is 0 Å². The molecule has 8 heteroatoms. The minimum absolute atomic E-state index is 0.142. The molecule has 0 spiro atoms. The first-order valence-electron chi connectivity index (χ1n) is 7.84. The summed E-state index contributed by atoms with van der Waals surface area (Å²) in [6.45, 7) is 7.40. The standard InChI is InChI=1S/C17H21Cl2N3O2S/c1-11(2)22(12(3)4)25(23,24)16-5-6-17(20-10-16)21-15-8-13(18)7-14(19)9-15/h5-12H,1-4H3,(H,20,21). The van der Waals surface area contributed by atoms with E-state index in [-0.39, 0.29) is 17.0 Å². The molecule has 0 aliphatic carbocycles. The van der Waals surface area contributed by atoms with E-state index in [2.05, 4.69) is 10.3 Å². The zero-order chi connectivity index (χ0) is 18.8. The van der Waals surface area contributed by atoms with Crippen molar-refractivity contribution in [3.05, 3.63) is 46.6 Å². The van der Waals surface area contributed by atoms with Crippen LogP contribution in [-0.4, -0.2) is 29.8 Å². The Balaban J connectivity index is 2.27. The number of aromatic nitrogens is 1. The lowest BCUT2D eigenvalue weighted by atomic mass is 10.3. The first-order chi connectivity index (χ1) is 11.6. The van der Waals surface area contributed by atoms with Gasteiger partial charge in [0.15, 0.2) is 0 Å². The third kappa shape index (κ3) is 4.85. The molecule has 25 heavy (non-hydrogen) atoms. The van der Waals surface area contributed by atoms with E-state index in [0.29, 0.717) is 21.6 Å². The molecule has 2 rings (SSSR count). The number of nitrogens with one attached hydrogen (secondary N) is 1. The molecule has 1 heterocycles. The smallest absolute Gasteiger partial charge is 0.245 e. The summed E-state index contributed by atoms with van der Waals surface area (Å²) >= 11 is 11.9. The molecule has 1 N–H and O–H groups in total. The number of sulfonamides is 1. The molecule has 136 valence electrons. The Morgan fingerprint density at radius 1 is 1.00 bits per heavy atom. The van der Waals surface area contributed by atoms with Crippen molar-refractivity contribution in [2.45, 2.75) is 44.7 Å². The number of nitrogens with zero attached hydrogens (tertiary/aromatic N) is 2. The van der Waals surface area contributed by atoms with Crippen LogP contribution >= 0.6 is 23.2 Å². The molecule has 0 saturated carbocycles. The second kappa shape index (κ2) is 7.91. The van der Waals surface area contributed by atoms with Gasteiger partial charge in [-0.1, -0.05) is 23.2 Å². The predicted molar refractivity (Wildman–Crippen MR) is 103 cm³/mol. The van der Waals surface area contributed by atoms with Crippen LogP contribution in [0.1, 0.15) is 27.7 Å². The number of rotatable bonds is 6. The molecular weight excluding hydrogens is 381 g/mol. The van der Waals surface area contributed by atoms with Gasteiger partial charge >= 0.3 is 0 Å². The summed E-state index contributed by atoms with van der Waals surface area (Å²) in [5.41, 5.74) is 0.673. The molecule has 0 radical (unpaired) electrons. The van der Waals surface area contributed by atoms with Crippen LogP contribution in [0.3, 0.4) is 0 Å².